The van der Waals surface area contributed by atoms with Gasteiger partial charge < -0.3 is 44.7 Å². The fourth-order valence-corrected chi connectivity index (χ4v) is 9.10. The number of benzene rings is 1. The van der Waals surface area contributed by atoms with Gasteiger partial charge in [0.1, 0.15) is 17.7 Å². The summed E-state index contributed by atoms with van der Waals surface area (Å²) in [5.41, 5.74) is 0.218. The minimum Gasteiger partial charge on any atom is -0.480 e. The highest BCUT2D eigenvalue weighted by atomic mass is 16.6. The van der Waals surface area contributed by atoms with Crippen LogP contribution in [0.15, 0.2) is 30.3 Å². The second-order valence-electron chi connectivity index (χ2n) is 20.0. The molecule has 1 fully saturated rings. The van der Waals surface area contributed by atoms with Gasteiger partial charge in [0.15, 0.2) is 0 Å². The van der Waals surface area contributed by atoms with E-state index in [4.69, 9.17) is 14.2 Å². The number of amides is 5. The molecule has 1 aliphatic rings. The van der Waals surface area contributed by atoms with E-state index in [1.807, 2.05) is 105 Å². The third-order valence-electron chi connectivity index (χ3n) is 13.0. The van der Waals surface area contributed by atoms with Gasteiger partial charge in [-0.25, -0.2) is 9.59 Å². The van der Waals surface area contributed by atoms with Crippen LogP contribution in [0.2, 0.25) is 0 Å². The summed E-state index contributed by atoms with van der Waals surface area (Å²) in [5, 5.41) is 15.7. The Balaban J connectivity index is 2.19. The maximum Gasteiger partial charge on any atom is 0.410 e. The van der Waals surface area contributed by atoms with Crippen LogP contribution < -0.4 is 10.6 Å². The van der Waals surface area contributed by atoms with Crippen molar-refractivity contribution in [3.63, 3.8) is 0 Å². The first-order chi connectivity index (χ1) is 30.9. The third-order valence-corrected chi connectivity index (χ3v) is 13.0. The number of carbonyl (C=O) groups is 6. The minimum absolute atomic E-state index is 0.0367. The van der Waals surface area contributed by atoms with Crippen LogP contribution >= 0.6 is 0 Å². The molecule has 0 bridgehead atoms. The van der Waals surface area contributed by atoms with Crippen molar-refractivity contribution >= 4 is 35.7 Å². The summed E-state index contributed by atoms with van der Waals surface area (Å²) >= 11 is 0. The Bertz CT molecular complexity index is 1690. The number of likely N-dealkylation sites (N-methyl/N-ethyl adjacent to an activating group) is 2. The quantitative estimate of drug-likeness (QED) is 0.0899. The van der Waals surface area contributed by atoms with Crippen molar-refractivity contribution in [1.29, 1.82) is 0 Å². The number of unbranched alkanes of at least 4 members (excludes halogenated alkanes) is 2. The first kappa shape index (κ1) is 57.8. The van der Waals surface area contributed by atoms with Crippen LogP contribution in [-0.4, -0.2) is 163 Å². The van der Waals surface area contributed by atoms with Crippen molar-refractivity contribution in [3.05, 3.63) is 35.9 Å². The number of methoxy groups -OCH3 is 2. The van der Waals surface area contributed by atoms with E-state index in [2.05, 4.69) is 10.6 Å². The molecule has 1 saturated heterocycles. The molecular formula is C50H86N6O10. The van der Waals surface area contributed by atoms with Gasteiger partial charge in [-0.3, -0.25) is 24.1 Å². The third kappa shape index (κ3) is 17.4. The Morgan fingerprint density at radius 3 is 2.00 bits per heavy atom. The van der Waals surface area contributed by atoms with Gasteiger partial charge in [-0.05, 0) is 83.4 Å². The first-order valence-electron chi connectivity index (χ1n) is 24.0. The smallest absolute Gasteiger partial charge is 0.410 e. The lowest BCUT2D eigenvalue weighted by Crippen LogP contribution is -2.60. The van der Waals surface area contributed by atoms with E-state index in [-0.39, 0.29) is 54.4 Å². The Labute approximate surface area is 396 Å². The van der Waals surface area contributed by atoms with Crippen LogP contribution in [0, 0.1) is 23.7 Å². The van der Waals surface area contributed by atoms with E-state index in [9.17, 15) is 33.9 Å². The second-order valence-corrected chi connectivity index (χ2v) is 20.0. The maximum absolute atomic E-state index is 14.6. The average Bonchev–Trinajstić information content (AvgIpc) is 3.73. The van der Waals surface area contributed by atoms with Gasteiger partial charge >= 0.3 is 12.1 Å². The second kappa shape index (κ2) is 27.5. The van der Waals surface area contributed by atoms with E-state index in [0.29, 0.717) is 38.9 Å². The Morgan fingerprint density at radius 1 is 0.848 bits per heavy atom. The van der Waals surface area contributed by atoms with Crippen LogP contribution in [0.25, 0.3) is 0 Å². The van der Waals surface area contributed by atoms with Crippen molar-refractivity contribution < 1.29 is 48.1 Å². The number of carboxylic acids is 1. The topological polar surface area (TPSA) is 187 Å². The lowest BCUT2D eigenvalue weighted by atomic mass is 9.89. The summed E-state index contributed by atoms with van der Waals surface area (Å²) in [7, 11) is 8.40. The average molecular weight is 931 g/mol. The monoisotopic (exact) mass is 931 g/mol. The predicted octanol–water partition coefficient (Wildman–Crippen LogP) is 5.85. The van der Waals surface area contributed by atoms with Crippen LogP contribution in [0.1, 0.15) is 120 Å². The van der Waals surface area contributed by atoms with Crippen LogP contribution in [0.5, 0.6) is 0 Å². The molecule has 16 nitrogen and oxygen atoms in total. The Kier molecular flexibility index (Phi) is 24.1. The number of hydrogen-bond donors (Lipinski definition) is 3. The SMILES string of the molecule is CC[C@H](C)[C@@H]([C@@H](CC(=O)N1CCC[C@H]1[C@H](OC)[C@@H](C)C(=O)NC(Cc1ccccc1)C(=O)O)OC)N(C)C(=O)[C@@H](NC(=O)[C@H](C(C)C)N(C)CCCCCN(C)C(=O)OC(C)(C)C)C(C)C. The number of ether oxygens (including phenoxy) is 3. The van der Waals surface area contributed by atoms with Gasteiger partial charge in [0.2, 0.25) is 23.6 Å². The summed E-state index contributed by atoms with van der Waals surface area (Å²) in [5.74, 6) is -3.49. The number of hydrogen-bond acceptors (Lipinski definition) is 10. The zero-order chi connectivity index (χ0) is 50.1. The molecule has 16 heteroatoms. The molecule has 376 valence electrons. The van der Waals surface area contributed by atoms with Crippen molar-refractivity contribution in [3.8, 4) is 0 Å². The first-order valence-corrected chi connectivity index (χ1v) is 24.0. The summed E-state index contributed by atoms with van der Waals surface area (Å²) in [4.78, 5) is 88.2. The molecule has 1 aliphatic heterocycles. The standard InChI is InChI=1S/C50H86N6O10/c1-16-34(6)43(55(13)47(60)41(32(2)3)52-46(59)42(33(4)5)53(11)27-21-18-22-28-54(12)49(63)66-50(8,9)10)39(64-14)31-40(57)56-29-23-26-38(56)44(65-15)35(7)45(58)51-37(48(61)62)30-36-24-19-17-20-25-36/h17,19-20,24-25,32-35,37-39,41-44H,16,18,21-23,26-31H2,1-15H3,(H,51,58)(H,52,59)(H,61,62)/t34-,35+,37?,38-,39+,41-,42-,43-,44+/m0/s1. The summed E-state index contributed by atoms with van der Waals surface area (Å²) in [6, 6.07) is 5.65. The van der Waals surface area contributed by atoms with Crippen molar-refractivity contribution in [1.82, 2.24) is 30.2 Å². The lowest BCUT2D eigenvalue weighted by molar-refractivity contribution is -0.148. The van der Waals surface area contributed by atoms with E-state index in [1.54, 1.807) is 35.7 Å². The summed E-state index contributed by atoms with van der Waals surface area (Å²) < 4.78 is 17.4. The fourth-order valence-electron chi connectivity index (χ4n) is 9.10. The fraction of sp³-hybridized carbons (Fsp3) is 0.760. The van der Waals surface area contributed by atoms with Crippen molar-refractivity contribution in [2.45, 2.75) is 169 Å². The highest BCUT2D eigenvalue weighted by Gasteiger charge is 2.43. The highest BCUT2D eigenvalue weighted by molar-refractivity contribution is 5.90. The van der Waals surface area contributed by atoms with Crippen molar-refractivity contribution in [2.75, 3.05) is 55.0 Å². The lowest BCUT2D eigenvalue weighted by Gasteiger charge is -2.41. The molecule has 1 aromatic carbocycles. The van der Waals surface area contributed by atoms with Crippen molar-refractivity contribution in [2.24, 2.45) is 23.7 Å². The molecule has 66 heavy (non-hydrogen) atoms. The van der Waals surface area contributed by atoms with Gasteiger partial charge in [0, 0.05) is 47.8 Å². The molecule has 0 aromatic heterocycles. The van der Waals surface area contributed by atoms with Gasteiger partial charge in [-0.2, -0.15) is 0 Å². The zero-order valence-corrected chi connectivity index (χ0v) is 42.9. The van der Waals surface area contributed by atoms with Gasteiger partial charge in [-0.1, -0.05) is 91.6 Å². The Morgan fingerprint density at radius 2 is 1.47 bits per heavy atom. The van der Waals surface area contributed by atoms with Gasteiger partial charge in [0.05, 0.1) is 42.7 Å². The molecule has 2 rings (SSSR count). The zero-order valence-electron chi connectivity index (χ0n) is 42.9. The largest absolute Gasteiger partial charge is 0.480 e. The van der Waals surface area contributed by atoms with Gasteiger partial charge in [0.25, 0.3) is 0 Å². The van der Waals surface area contributed by atoms with E-state index < -0.39 is 65.8 Å². The molecule has 0 spiro atoms. The minimum atomic E-state index is -1.15. The van der Waals surface area contributed by atoms with Crippen LogP contribution in [0.3, 0.4) is 0 Å². The number of likely N-dealkylation sites (tertiary alicyclic amines) is 1. The van der Waals surface area contributed by atoms with Crippen LogP contribution in [-0.2, 0) is 44.6 Å². The number of carboxylic acid groups (broad SMARTS) is 1. The maximum atomic E-state index is 14.6. The van der Waals surface area contributed by atoms with Gasteiger partial charge in [-0.15, -0.1) is 0 Å². The van der Waals surface area contributed by atoms with E-state index >= 15 is 0 Å². The number of carbonyl (C=O) groups excluding carboxylic acids is 5. The molecule has 9 atom stereocenters. The Hall–Kier alpha value is -4.28. The normalized spacial score (nSPS) is 17.9. The van der Waals surface area contributed by atoms with E-state index in [1.165, 1.54) is 14.2 Å². The van der Waals surface area contributed by atoms with Crippen LogP contribution in [0.4, 0.5) is 4.79 Å². The molecule has 5 amide bonds. The summed E-state index contributed by atoms with van der Waals surface area (Å²) in [6.45, 7) is 20.7. The van der Waals surface area contributed by atoms with E-state index in [0.717, 1.165) is 24.8 Å². The number of nitrogens with one attached hydrogen (secondary N) is 2. The molecule has 3 N–H and O–H groups in total. The molecular weight excluding hydrogens is 845 g/mol. The number of nitrogens with zero attached hydrogens (tertiary/aromatic N) is 4. The predicted molar refractivity (Wildman–Crippen MR) is 257 cm³/mol. The number of aliphatic carboxylic acids is 1. The molecule has 1 heterocycles. The molecule has 0 saturated carbocycles. The molecule has 1 unspecified atom stereocenters. The summed E-state index contributed by atoms with van der Waals surface area (Å²) in [6.07, 6.45) is 2.77. The molecule has 0 aliphatic carbocycles. The highest BCUT2D eigenvalue weighted by Crippen LogP contribution is 2.30. The molecule has 1 aromatic rings. The molecule has 0 radical (unpaired) electrons. The number of rotatable bonds is 27.